The second-order valence-corrected chi connectivity index (χ2v) is 6.77. The summed E-state index contributed by atoms with van der Waals surface area (Å²) in [5.74, 6) is -1.60. The Morgan fingerprint density at radius 3 is 2.52 bits per heavy atom. The van der Waals surface area contributed by atoms with E-state index in [4.69, 9.17) is 27.9 Å². The molecular formula is C16H15Cl2N3O4. The second kappa shape index (κ2) is 7.25. The first kappa shape index (κ1) is 19.0. The number of hydrogen-bond acceptors (Lipinski definition) is 5. The number of ether oxygens (including phenoxy) is 1. The highest BCUT2D eigenvalue weighted by Gasteiger charge is 2.22. The van der Waals surface area contributed by atoms with E-state index in [1.165, 1.54) is 6.20 Å². The van der Waals surface area contributed by atoms with Crippen molar-refractivity contribution >= 4 is 41.1 Å². The molecule has 0 saturated carbocycles. The van der Waals surface area contributed by atoms with Crippen molar-refractivity contribution in [2.45, 2.75) is 26.4 Å². The molecule has 1 aromatic heterocycles. The number of carbonyl (C=O) groups is 2. The summed E-state index contributed by atoms with van der Waals surface area (Å²) in [7, 11) is 0. The van der Waals surface area contributed by atoms with Crippen molar-refractivity contribution < 1.29 is 19.4 Å². The van der Waals surface area contributed by atoms with Crippen LogP contribution in [-0.4, -0.2) is 32.7 Å². The van der Waals surface area contributed by atoms with Crippen molar-refractivity contribution in [3.63, 3.8) is 0 Å². The summed E-state index contributed by atoms with van der Waals surface area (Å²) in [4.78, 5) is 31.2. The summed E-state index contributed by atoms with van der Waals surface area (Å²) in [6, 6.07) is 4.92. The highest BCUT2D eigenvalue weighted by atomic mass is 35.5. The van der Waals surface area contributed by atoms with Crippen LogP contribution in [0, 0.1) is 0 Å². The van der Waals surface area contributed by atoms with Crippen LogP contribution in [0.4, 0.5) is 10.6 Å². The maximum Gasteiger partial charge on any atom is 0.413 e. The third-order valence-electron chi connectivity index (χ3n) is 2.82. The number of aromatic carboxylic acids is 1. The fourth-order valence-corrected chi connectivity index (χ4v) is 2.26. The Hall–Kier alpha value is -2.38. The number of carboxylic acids is 1. The average molecular weight is 384 g/mol. The highest BCUT2D eigenvalue weighted by molar-refractivity contribution is 6.43. The van der Waals surface area contributed by atoms with Crippen molar-refractivity contribution in [2.24, 2.45) is 0 Å². The minimum absolute atomic E-state index is 0.241. The molecule has 0 bridgehead atoms. The van der Waals surface area contributed by atoms with Crippen LogP contribution < -0.4 is 5.32 Å². The standard InChI is InChI=1S/C16H15Cl2N3O4/c1-16(2,3)25-15(24)21-13-12(14(22)23)19-7-10(20-13)8-5-4-6-9(17)11(8)18/h4-7H,1-3H3,(H,22,23)(H,20,21,24). The van der Waals surface area contributed by atoms with Gasteiger partial charge in [-0.2, -0.15) is 0 Å². The second-order valence-electron chi connectivity index (χ2n) is 5.99. The van der Waals surface area contributed by atoms with Crippen LogP contribution in [0.3, 0.4) is 0 Å². The number of hydrogen-bond donors (Lipinski definition) is 2. The van der Waals surface area contributed by atoms with Gasteiger partial charge in [-0.3, -0.25) is 5.32 Å². The van der Waals surface area contributed by atoms with Crippen LogP contribution in [0.5, 0.6) is 0 Å². The summed E-state index contributed by atoms with van der Waals surface area (Å²) in [6.45, 7) is 5.04. The number of anilines is 1. The first-order valence-corrected chi connectivity index (χ1v) is 7.89. The van der Waals surface area contributed by atoms with Gasteiger partial charge in [-0.25, -0.2) is 19.6 Å². The number of amides is 1. The number of benzene rings is 1. The van der Waals surface area contributed by atoms with Crippen molar-refractivity contribution in [3.8, 4) is 11.3 Å². The van der Waals surface area contributed by atoms with Gasteiger partial charge in [0.05, 0.1) is 21.9 Å². The lowest BCUT2D eigenvalue weighted by Crippen LogP contribution is -2.28. The summed E-state index contributed by atoms with van der Waals surface area (Å²) in [5.41, 5.74) is -0.475. The fraction of sp³-hybridized carbons (Fsp3) is 0.250. The molecule has 1 aromatic carbocycles. The molecule has 2 rings (SSSR count). The van der Waals surface area contributed by atoms with Crippen molar-refractivity contribution in [2.75, 3.05) is 5.32 Å². The van der Waals surface area contributed by atoms with Crippen LogP contribution in [0.15, 0.2) is 24.4 Å². The molecule has 0 aliphatic carbocycles. The Balaban J connectivity index is 2.45. The number of nitrogens with one attached hydrogen (secondary N) is 1. The number of aromatic nitrogens is 2. The first-order chi connectivity index (χ1) is 11.6. The molecule has 2 aromatic rings. The molecule has 0 spiro atoms. The molecule has 0 aliphatic heterocycles. The molecule has 25 heavy (non-hydrogen) atoms. The van der Waals surface area contributed by atoms with Gasteiger partial charge < -0.3 is 9.84 Å². The molecule has 0 unspecified atom stereocenters. The Labute approximate surface area is 154 Å². The molecule has 1 heterocycles. The maximum atomic E-state index is 11.9. The zero-order chi connectivity index (χ0) is 18.8. The molecule has 132 valence electrons. The predicted octanol–water partition coefficient (Wildman–Crippen LogP) is 4.50. The van der Waals surface area contributed by atoms with Gasteiger partial charge in [0.25, 0.3) is 0 Å². The van der Waals surface area contributed by atoms with Gasteiger partial charge in [0, 0.05) is 5.56 Å². The van der Waals surface area contributed by atoms with Crippen LogP contribution in [0.2, 0.25) is 10.0 Å². The largest absolute Gasteiger partial charge is 0.476 e. The first-order valence-electron chi connectivity index (χ1n) is 7.13. The lowest BCUT2D eigenvalue weighted by atomic mass is 10.1. The van der Waals surface area contributed by atoms with Gasteiger partial charge in [0.15, 0.2) is 11.5 Å². The van der Waals surface area contributed by atoms with Gasteiger partial charge >= 0.3 is 12.1 Å². The lowest BCUT2D eigenvalue weighted by Gasteiger charge is -2.19. The molecule has 7 nitrogen and oxygen atoms in total. The number of rotatable bonds is 3. The minimum Gasteiger partial charge on any atom is -0.476 e. The fourth-order valence-electron chi connectivity index (χ4n) is 1.86. The van der Waals surface area contributed by atoms with E-state index >= 15 is 0 Å². The van der Waals surface area contributed by atoms with Gasteiger partial charge in [0.2, 0.25) is 0 Å². The SMILES string of the molecule is CC(C)(C)OC(=O)Nc1nc(-c2cccc(Cl)c2Cl)cnc1C(=O)O. The zero-order valence-corrected chi connectivity index (χ0v) is 15.1. The van der Waals surface area contributed by atoms with Gasteiger partial charge in [-0.05, 0) is 26.8 Å². The summed E-state index contributed by atoms with van der Waals surface area (Å²) >= 11 is 12.1. The van der Waals surface area contributed by atoms with E-state index in [2.05, 4.69) is 15.3 Å². The van der Waals surface area contributed by atoms with Gasteiger partial charge in [-0.1, -0.05) is 35.3 Å². The number of carbonyl (C=O) groups excluding carboxylic acids is 1. The van der Waals surface area contributed by atoms with E-state index in [9.17, 15) is 14.7 Å². The van der Waals surface area contributed by atoms with E-state index in [1.807, 2.05) is 0 Å². The summed E-state index contributed by atoms with van der Waals surface area (Å²) in [6.07, 6.45) is 0.389. The Kier molecular flexibility index (Phi) is 5.49. The summed E-state index contributed by atoms with van der Waals surface area (Å²) in [5, 5.41) is 12.1. The normalized spacial score (nSPS) is 11.1. The van der Waals surface area contributed by atoms with Gasteiger partial charge in [0.1, 0.15) is 5.60 Å². The molecular weight excluding hydrogens is 369 g/mol. The Morgan fingerprint density at radius 1 is 1.24 bits per heavy atom. The molecule has 0 saturated heterocycles. The minimum atomic E-state index is -1.35. The van der Waals surface area contributed by atoms with E-state index in [0.717, 1.165) is 0 Å². The maximum absolute atomic E-state index is 11.9. The van der Waals surface area contributed by atoms with Crippen LogP contribution in [0.1, 0.15) is 31.3 Å². The van der Waals surface area contributed by atoms with Gasteiger partial charge in [-0.15, -0.1) is 0 Å². The molecule has 9 heteroatoms. The van der Waals surface area contributed by atoms with E-state index in [1.54, 1.807) is 39.0 Å². The Bertz CT molecular complexity index is 835. The molecule has 0 radical (unpaired) electrons. The smallest absolute Gasteiger partial charge is 0.413 e. The van der Waals surface area contributed by atoms with E-state index in [0.29, 0.717) is 10.6 Å². The molecule has 0 atom stereocenters. The third-order valence-corrected chi connectivity index (χ3v) is 3.64. The van der Waals surface area contributed by atoms with Crippen molar-refractivity contribution in [1.82, 2.24) is 9.97 Å². The van der Waals surface area contributed by atoms with Crippen LogP contribution in [0.25, 0.3) is 11.3 Å². The molecule has 1 amide bonds. The predicted molar refractivity (Wildman–Crippen MR) is 94.3 cm³/mol. The lowest BCUT2D eigenvalue weighted by molar-refractivity contribution is 0.0635. The summed E-state index contributed by atoms with van der Waals surface area (Å²) < 4.78 is 5.11. The van der Waals surface area contributed by atoms with Crippen LogP contribution >= 0.6 is 23.2 Å². The molecule has 2 N–H and O–H groups in total. The van der Waals surface area contributed by atoms with Crippen molar-refractivity contribution in [3.05, 3.63) is 40.1 Å². The average Bonchev–Trinajstić information content (AvgIpc) is 2.47. The van der Waals surface area contributed by atoms with E-state index in [-0.39, 0.29) is 16.5 Å². The molecule has 0 fully saturated rings. The zero-order valence-electron chi connectivity index (χ0n) is 13.6. The highest BCUT2D eigenvalue weighted by Crippen LogP contribution is 2.33. The van der Waals surface area contributed by atoms with E-state index < -0.39 is 23.4 Å². The number of halogens is 2. The van der Waals surface area contributed by atoms with Crippen LogP contribution in [-0.2, 0) is 4.74 Å². The number of nitrogens with zero attached hydrogens (tertiary/aromatic N) is 2. The third kappa shape index (κ3) is 4.80. The molecule has 0 aliphatic rings. The van der Waals surface area contributed by atoms with Crippen molar-refractivity contribution in [1.29, 1.82) is 0 Å². The quantitative estimate of drug-likeness (QED) is 0.808. The Morgan fingerprint density at radius 2 is 1.92 bits per heavy atom. The topological polar surface area (TPSA) is 101 Å². The number of carboxylic acid groups (broad SMARTS) is 1. The monoisotopic (exact) mass is 383 g/mol.